The van der Waals surface area contributed by atoms with E-state index in [9.17, 15) is 4.39 Å². The average Bonchev–Trinajstić information content (AvgIpc) is 2.18. The highest BCUT2D eigenvalue weighted by molar-refractivity contribution is 5.66. The number of nitrogen functional groups attached to an aromatic ring is 1. The van der Waals surface area contributed by atoms with Crippen molar-refractivity contribution >= 4 is 11.4 Å². The van der Waals surface area contributed by atoms with Gasteiger partial charge in [0.05, 0.1) is 18.0 Å². The second kappa shape index (κ2) is 4.84. The molecule has 1 rings (SSSR count). The lowest BCUT2D eigenvalue weighted by molar-refractivity contribution is 0.385. The molecule has 1 aromatic carbocycles. The minimum Gasteiger partial charge on any atom is -0.397 e. The van der Waals surface area contributed by atoms with Crippen molar-refractivity contribution in [2.75, 3.05) is 30.9 Å². The average molecular weight is 196 g/mol. The molecule has 0 bridgehead atoms. The first-order valence-electron chi connectivity index (χ1n) is 4.76. The van der Waals surface area contributed by atoms with E-state index in [2.05, 4.69) is 0 Å². The van der Waals surface area contributed by atoms with Gasteiger partial charge < -0.3 is 10.6 Å². The summed E-state index contributed by atoms with van der Waals surface area (Å²) < 4.78 is 12.3. The molecule has 0 aromatic heterocycles. The van der Waals surface area contributed by atoms with Crippen LogP contribution in [0.15, 0.2) is 24.3 Å². The van der Waals surface area contributed by atoms with E-state index in [4.69, 9.17) is 5.73 Å². The lowest BCUT2D eigenvalue weighted by atomic mass is 10.2. The largest absolute Gasteiger partial charge is 0.397 e. The number of anilines is 2. The third-order valence-electron chi connectivity index (χ3n) is 2.20. The van der Waals surface area contributed by atoms with Gasteiger partial charge >= 0.3 is 0 Å². The Labute approximate surface area is 84.5 Å². The van der Waals surface area contributed by atoms with Crippen molar-refractivity contribution in [3.8, 4) is 0 Å². The number of hydrogen-bond donors (Lipinski definition) is 1. The molecule has 1 aromatic rings. The fourth-order valence-corrected chi connectivity index (χ4v) is 1.45. The van der Waals surface area contributed by atoms with Gasteiger partial charge in [-0.25, -0.2) is 0 Å². The Morgan fingerprint density at radius 1 is 1.43 bits per heavy atom. The molecule has 0 spiro atoms. The van der Waals surface area contributed by atoms with E-state index >= 15 is 0 Å². The molecule has 78 valence electrons. The van der Waals surface area contributed by atoms with Gasteiger partial charge in [-0.3, -0.25) is 4.39 Å². The van der Waals surface area contributed by atoms with Gasteiger partial charge in [-0.1, -0.05) is 19.1 Å². The van der Waals surface area contributed by atoms with Crippen LogP contribution in [0.1, 0.15) is 6.92 Å². The summed E-state index contributed by atoms with van der Waals surface area (Å²) in [5.41, 5.74) is 7.51. The Kier molecular flexibility index (Phi) is 3.74. The van der Waals surface area contributed by atoms with Crippen molar-refractivity contribution in [3.63, 3.8) is 0 Å². The molecular formula is C11H17FN2. The molecule has 0 saturated carbocycles. The summed E-state index contributed by atoms with van der Waals surface area (Å²) in [4.78, 5) is 1.99. The fourth-order valence-electron chi connectivity index (χ4n) is 1.45. The first-order chi connectivity index (χ1) is 6.65. The summed E-state index contributed by atoms with van der Waals surface area (Å²) >= 11 is 0. The molecular weight excluding hydrogens is 179 g/mol. The first kappa shape index (κ1) is 10.8. The summed E-state index contributed by atoms with van der Waals surface area (Å²) in [5, 5.41) is 0. The van der Waals surface area contributed by atoms with Crippen molar-refractivity contribution in [2.24, 2.45) is 5.92 Å². The van der Waals surface area contributed by atoms with Crippen LogP contribution in [-0.4, -0.2) is 20.3 Å². The molecule has 14 heavy (non-hydrogen) atoms. The maximum absolute atomic E-state index is 12.3. The minimum absolute atomic E-state index is 0.0413. The van der Waals surface area contributed by atoms with Gasteiger partial charge in [-0.15, -0.1) is 0 Å². The lowest BCUT2D eigenvalue weighted by Crippen LogP contribution is -2.25. The highest BCUT2D eigenvalue weighted by atomic mass is 19.1. The van der Waals surface area contributed by atoms with Crippen LogP contribution in [0.3, 0.4) is 0 Å². The maximum atomic E-state index is 12.3. The number of nitrogens with zero attached hydrogens (tertiary/aromatic N) is 1. The van der Waals surface area contributed by atoms with Crippen molar-refractivity contribution in [2.45, 2.75) is 6.92 Å². The summed E-state index contributed by atoms with van der Waals surface area (Å²) in [6.45, 7) is 2.28. The van der Waals surface area contributed by atoms with E-state index in [0.29, 0.717) is 6.54 Å². The zero-order chi connectivity index (χ0) is 10.6. The van der Waals surface area contributed by atoms with E-state index in [-0.39, 0.29) is 12.6 Å². The van der Waals surface area contributed by atoms with Crippen LogP contribution in [0.4, 0.5) is 15.8 Å². The number of nitrogens with two attached hydrogens (primary N) is 1. The summed E-state index contributed by atoms with van der Waals surface area (Å²) in [5.74, 6) is 0.0413. The first-order valence-corrected chi connectivity index (χ1v) is 4.76. The third-order valence-corrected chi connectivity index (χ3v) is 2.20. The molecule has 0 fully saturated rings. The van der Waals surface area contributed by atoms with Gasteiger partial charge in [0.1, 0.15) is 0 Å². The van der Waals surface area contributed by atoms with Gasteiger partial charge in [-0.05, 0) is 12.1 Å². The van der Waals surface area contributed by atoms with E-state index in [1.54, 1.807) is 0 Å². The van der Waals surface area contributed by atoms with E-state index in [1.165, 1.54) is 0 Å². The number of alkyl halides is 1. The second-order valence-electron chi connectivity index (χ2n) is 3.70. The topological polar surface area (TPSA) is 29.3 Å². The van der Waals surface area contributed by atoms with Crippen LogP contribution in [0, 0.1) is 5.92 Å². The molecule has 0 aliphatic heterocycles. The standard InChI is InChI=1S/C11H17FN2/c1-9(7-12)8-14(2)11-6-4-3-5-10(11)13/h3-6,9H,7-8,13H2,1-2H3. The molecule has 0 aliphatic carbocycles. The van der Waals surface area contributed by atoms with Crippen LogP contribution >= 0.6 is 0 Å². The second-order valence-corrected chi connectivity index (χ2v) is 3.70. The smallest absolute Gasteiger partial charge is 0.0936 e. The zero-order valence-electron chi connectivity index (χ0n) is 8.70. The Bertz CT molecular complexity index is 288. The Morgan fingerprint density at radius 3 is 2.64 bits per heavy atom. The van der Waals surface area contributed by atoms with Crippen molar-refractivity contribution in [1.82, 2.24) is 0 Å². The minimum atomic E-state index is -0.295. The maximum Gasteiger partial charge on any atom is 0.0936 e. The van der Waals surface area contributed by atoms with Crippen LogP contribution in [-0.2, 0) is 0 Å². The van der Waals surface area contributed by atoms with Gasteiger partial charge in [0.25, 0.3) is 0 Å². The molecule has 0 amide bonds. The number of hydrogen-bond acceptors (Lipinski definition) is 2. The third kappa shape index (κ3) is 2.62. The summed E-state index contributed by atoms with van der Waals surface area (Å²) in [7, 11) is 1.93. The molecule has 0 heterocycles. The molecule has 2 N–H and O–H groups in total. The molecule has 1 unspecified atom stereocenters. The molecule has 1 atom stereocenters. The number of para-hydroxylation sites is 2. The predicted molar refractivity (Wildman–Crippen MR) is 59.3 cm³/mol. The predicted octanol–water partition coefficient (Wildman–Crippen LogP) is 2.31. The highest BCUT2D eigenvalue weighted by Gasteiger charge is 2.08. The molecule has 3 heteroatoms. The van der Waals surface area contributed by atoms with Crippen LogP contribution in [0.2, 0.25) is 0 Å². The summed E-state index contributed by atoms with van der Waals surface area (Å²) in [6, 6.07) is 7.62. The summed E-state index contributed by atoms with van der Waals surface area (Å²) in [6.07, 6.45) is 0. The SMILES string of the molecule is CC(CF)CN(C)c1ccccc1N. The molecule has 0 aliphatic rings. The zero-order valence-corrected chi connectivity index (χ0v) is 8.70. The molecule has 0 saturated heterocycles. The van der Waals surface area contributed by atoms with Gasteiger partial charge in [0, 0.05) is 19.5 Å². The molecule has 2 nitrogen and oxygen atoms in total. The van der Waals surface area contributed by atoms with Gasteiger partial charge in [0.2, 0.25) is 0 Å². The van der Waals surface area contributed by atoms with Crippen LogP contribution in [0.25, 0.3) is 0 Å². The fraction of sp³-hybridized carbons (Fsp3) is 0.455. The van der Waals surface area contributed by atoms with Crippen molar-refractivity contribution in [1.29, 1.82) is 0 Å². The number of halogens is 1. The van der Waals surface area contributed by atoms with E-state index in [1.807, 2.05) is 43.1 Å². The quantitative estimate of drug-likeness (QED) is 0.749. The Morgan fingerprint density at radius 2 is 2.07 bits per heavy atom. The Hall–Kier alpha value is -1.25. The normalized spacial score (nSPS) is 12.5. The van der Waals surface area contributed by atoms with Crippen molar-refractivity contribution in [3.05, 3.63) is 24.3 Å². The highest BCUT2D eigenvalue weighted by Crippen LogP contribution is 2.21. The van der Waals surface area contributed by atoms with Gasteiger partial charge in [0.15, 0.2) is 0 Å². The number of benzene rings is 1. The van der Waals surface area contributed by atoms with Crippen LogP contribution in [0.5, 0.6) is 0 Å². The lowest BCUT2D eigenvalue weighted by Gasteiger charge is -2.23. The molecule has 0 radical (unpaired) electrons. The monoisotopic (exact) mass is 196 g/mol. The number of rotatable bonds is 4. The van der Waals surface area contributed by atoms with E-state index in [0.717, 1.165) is 11.4 Å². The van der Waals surface area contributed by atoms with Gasteiger partial charge in [-0.2, -0.15) is 0 Å². The van der Waals surface area contributed by atoms with Crippen LogP contribution < -0.4 is 10.6 Å². The van der Waals surface area contributed by atoms with Crippen molar-refractivity contribution < 1.29 is 4.39 Å². The Balaban J connectivity index is 2.69. The van der Waals surface area contributed by atoms with E-state index < -0.39 is 0 Å².